The van der Waals surface area contributed by atoms with Crippen molar-refractivity contribution in [1.29, 1.82) is 0 Å². The zero-order valence-corrected chi connectivity index (χ0v) is 12.4. The molecule has 1 amide bonds. The number of aliphatic hydroxyl groups is 1. The van der Waals surface area contributed by atoms with E-state index in [0.29, 0.717) is 30.1 Å². The first-order valence-electron chi connectivity index (χ1n) is 7.13. The lowest BCUT2D eigenvalue weighted by Gasteiger charge is -2.20. The van der Waals surface area contributed by atoms with E-state index in [1.165, 1.54) is 6.08 Å². The van der Waals surface area contributed by atoms with Crippen LogP contribution in [0.1, 0.15) is 30.9 Å². The Balaban J connectivity index is 2.34. The van der Waals surface area contributed by atoms with E-state index in [1.807, 2.05) is 6.92 Å². The van der Waals surface area contributed by atoms with Gasteiger partial charge < -0.3 is 9.84 Å². The fraction of sp³-hybridized carbons (Fsp3) is 0.375. The Hall–Kier alpha value is -2.21. The Morgan fingerprint density at radius 1 is 1.59 bits per heavy atom. The van der Waals surface area contributed by atoms with E-state index >= 15 is 0 Å². The lowest BCUT2D eigenvalue weighted by molar-refractivity contribution is -0.121. The third kappa shape index (κ3) is 3.33. The maximum Gasteiger partial charge on any atom is 0.240 e. The molecule has 1 heterocycles. The highest BCUT2D eigenvalue weighted by atomic mass is 19.1. The van der Waals surface area contributed by atoms with Crippen molar-refractivity contribution in [3.63, 3.8) is 0 Å². The number of carbonyl (C=O) groups is 1. The van der Waals surface area contributed by atoms with E-state index in [2.05, 4.69) is 17.1 Å². The minimum absolute atomic E-state index is 0.0119. The molecule has 1 unspecified atom stereocenters. The SMILES string of the molecule is C=Cc1c(OCCCO)ccc(C2=NNC(=O)CC2C)c1F. The molecule has 1 aliphatic rings. The van der Waals surface area contributed by atoms with Crippen LogP contribution in [-0.2, 0) is 4.79 Å². The molecule has 0 radical (unpaired) electrons. The monoisotopic (exact) mass is 306 g/mol. The molecule has 0 aliphatic carbocycles. The minimum atomic E-state index is -0.474. The molecular formula is C16H19FN2O3. The maximum atomic E-state index is 14.7. The first kappa shape index (κ1) is 16.2. The number of carbonyl (C=O) groups excluding carboxylic acids is 1. The average molecular weight is 306 g/mol. The molecule has 0 saturated heterocycles. The number of hydrogen-bond acceptors (Lipinski definition) is 4. The van der Waals surface area contributed by atoms with Gasteiger partial charge in [0.05, 0.1) is 17.9 Å². The zero-order valence-electron chi connectivity index (χ0n) is 12.4. The van der Waals surface area contributed by atoms with Crippen LogP contribution in [0.4, 0.5) is 4.39 Å². The second kappa shape index (κ2) is 7.17. The van der Waals surface area contributed by atoms with E-state index in [-0.39, 0.29) is 30.4 Å². The number of aliphatic hydroxyl groups excluding tert-OH is 1. The van der Waals surface area contributed by atoms with Crippen LogP contribution in [0.5, 0.6) is 5.75 Å². The van der Waals surface area contributed by atoms with Crippen molar-refractivity contribution in [2.24, 2.45) is 11.0 Å². The van der Waals surface area contributed by atoms with Crippen LogP contribution < -0.4 is 10.2 Å². The maximum absolute atomic E-state index is 14.7. The number of benzene rings is 1. The lowest BCUT2D eigenvalue weighted by atomic mass is 9.92. The van der Waals surface area contributed by atoms with Crippen LogP contribution in [0.25, 0.3) is 6.08 Å². The van der Waals surface area contributed by atoms with Gasteiger partial charge in [0, 0.05) is 30.9 Å². The van der Waals surface area contributed by atoms with Gasteiger partial charge in [-0.3, -0.25) is 4.79 Å². The first-order valence-corrected chi connectivity index (χ1v) is 7.13. The largest absolute Gasteiger partial charge is 0.493 e. The van der Waals surface area contributed by atoms with Crippen LogP contribution in [-0.4, -0.2) is 29.9 Å². The van der Waals surface area contributed by atoms with Gasteiger partial charge in [0.2, 0.25) is 5.91 Å². The fourth-order valence-electron chi connectivity index (χ4n) is 2.31. The van der Waals surface area contributed by atoms with Gasteiger partial charge in [-0.15, -0.1) is 0 Å². The van der Waals surface area contributed by atoms with Gasteiger partial charge in [0.25, 0.3) is 0 Å². The van der Waals surface area contributed by atoms with Gasteiger partial charge in [-0.25, -0.2) is 9.82 Å². The summed E-state index contributed by atoms with van der Waals surface area (Å²) < 4.78 is 20.2. The Labute approximate surface area is 128 Å². The van der Waals surface area contributed by atoms with Gasteiger partial charge >= 0.3 is 0 Å². The van der Waals surface area contributed by atoms with E-state index in [0.717, 1.165) is 0 Å². The molecule has 1 atom stereocenters. The predicted octanol–water partition coefficient (Wildman–Crippen LogP) is 2.09. The number of halogens is 1. The molecule has 1 aromatic rings. The van der Waals surface area contributed by atoms with E-state index in [9.17, 15) is 9.18 Å². The van der Waals surface area contributed by atoms with Crippen molar-refractivity contribution in [2.45, 2.75) is 19.8 Å². The summed E-state index contributed by atoms with van der Waals surface area (Å²) in [6, 6.07) is 3.24. The molecule has 2 rings (SSSR count). The Morgan fingerprint density at radius 2 is 2.36 bits per heavy atom. The molecule has 2 N–H and O–H groups in total. The molecule has 0 bridgehead atoms. The van der Waals surface area contributed by atoms with Crippen LogP contribution in [0, 0.1) is 11.7 Å². The van der Waals surface area contributed by atoms with Crippen molar-refractivity contribution in [1.82, 2.24) is 5.43 Å². The van der Waals surface area contributed by atoms with Gasteiger partial charge in [-0.2, -0.15) is 5.10 Å². The van der Waals surface area contributed by atoms with Crippen LogP contribution >= 0.6 is 0 Å². The molecule has 22 heavy (non-hydrogen) atoms. The summed E-state index contributed by atoms with van der Waals surface area (Å²) in [5.74, 6) is -0.442. The minimum Gasteiger partial charge on any atom is -0.493 e. The van der Waals surface area contributed by atoms with E-state index in [1.54, 1.807) is 12.1 Å². The molecule has 0 aromatic heterocycles. The summed E-state index contributed by atoms with van der Waals surface area (Å²) in [7, 11) is 0. The first-order chi connectivity index (χ1) is 10.6. The number of hydrazone groups is 1. The van der Waals surface area contributed by atoms with Crippen molar-refractivity contribution < 1.29 is 19.0 Å². The number of hydrogen-bond donors (Lipinski definition) is 2. The number of ether oxygens (including phenoxy) is 1. The topological polar surface area (TPSA) is 70.9 Å². The predicted molar refractivity (Wildman–Crippen MR) is 82.1 cm³/mol. The van der Waals surface area contributed by atoms with Crippen LogP contribution in [0.15, 0.2) is 23.8 Å². The third-order valence-corrected chi connectivity index (χ3v) is 3.44. The van der Waals surface area contributed by atoms with Gasteiger partial charge in [-0.1, -0.05) is 19.6 Å². The van der Waals surface area contributed by atoms with Gasteiger partial charge in [0.15, 0.2) is 0 Å². The van der Waals surface area contributed by atoms with E-state index < -0.39 is 5.82 Å². The van der Waals surface area contributed by atoms with Gasteiger partial charge in [-0.05, 0) is 12.1 Å². The van der Waals surface area contributed by atoms with Crippen LogP contribution in [0.2, 0.25) is 0 Å². The highest BCUT2D eigenvalue weighted by Gasteiger charge is 2.25. The molecule has 0 spiro atoms. The summed E-state index contributed by atoms with van der Waals surface area (Å²) in [4.78, 5) is 11.3. The average Bonchev–Trinajstić information content (AvgIpc) is 2.49. The molecular weight excluding hydrogens is 287 g/mol. The standard InChI is InChI=1S/C16H19FN2O3/c1-3-11-13(22-8-4-7-20)6-5-12(15(11)17)16-10(2)9-14(21)18-19-16/h3,5-6,10,20H,1,4,7-9H2,2H3,(H,18,21). The molecule has 5 nitrogen and oxygen atoms in total. The molecule has 118 valence electrons. The molecule has 0 fully saturated rings. The Morgan fingerprint density at radius 3 is 3.00 bits per heavy atom. The Kier molecular flexibility index (Phi) is 5.27. The smallest absolute Gasteiger partial charge is 0.240 e. The molecule has 1 aromatic carbocycles. The number of nitrogens with one attached hydrogen (secondary N) is 1. The number of rotatable bonds is 6. The molecule has 1 aliphatic heterocycles. The molecule has 0 saturated carbocycles. The highest BCUT2D eigenvalue weighted by Crippen LogP contribution is 2.28. The van der Waals surface area contributed by atoms with Crippen LogP contribution in [0.3, 0.4) is 0 Å². The highest BCUT2D eigenvalue weighted by molar-refractivity contribution is 6.06. The second-order valence-corrected chi connectivity index (χ2v) is 5.11. The van der Waals surface area contributed by atoms with Crippen molar-refractivity contribution in [3.8, 4) is 5.75 Å². The third-order valence-electron chi connectivity index (χ3n) is 3.44. The summed E-state index contributed by atoms with van der Waals surface area (Å²) >= 11 is 0. The fourth-order valence-corrected chi connectivity index (χ4v) is 2.31. The normalized spacial score (nSPS) is 17.7. The van der Waals surface area contributed by atoms with Crippen molar-refractivity contribution in [3.05, 3.63) is 35.7 Å². The van der Waals surface area contributed by atoms with E-state index in [4.69, 9.17) is 9.84 Å². The molecule has 6 heteroatoms. The summed E-state index contributed by atoms with van der Waals surface area (Å²) in [5.41, 5.74) is 3.46. The van der Waals surface area contributed by atoms with Crippen molar-refractivity contribution in [2.75, 3.05) is 13.2 Å². The second-order valence-electron chi connectivity index (χ2n) is 5.11. The quantitative estimate of drug-likeness (QED) is 0.791. The zero-order chi connectivity index (χ0) is 16.1. The number of amides is 1. The lowest BCUT2D eigenvalue weighted by Crippen LogP contribution is -2.32. The van der Waals surface area contributed by atoms with Gasteiger partial charge in [0.1, 0.15) is 11.6 Å². The number of nitrogens with zero attached hydrogens (tertiary/aromatic N) is 1. The summed E-state index contributed by atoms with van der Waals surface area (Å²) in [6.07, 6.45) is 2.13. The summed E-state index contributed by atoms with van der Waals surface area (Å²) in [5, 5.41) is 12.7. The summed E-state index contributed by atoms with van der Waals surface area (Å²) in [6.45, 7) is 5.76. The Bertz CT molecular complexity index is 614. The van der Waals surface area contributed by atoms with Crippen molar-refractivity contribution >= 4 is 17.7 Å².